The molecular formula is C13H16N2O. The molecule has 0 fully saturated rings. The molecule has 0 bridgehead atoms. The van der Waals surface area contributed by atoms with E-state index in [-0.39, 0.29) is 0 Å². The zero-order valence-corrected chi connectivity index (χ0v) is 9.59. The number of aromatic nitrogens is 2. The zero-order chi connectivity index (χ0) is 11.5. The van der Waals surface area contributed by atoms with Crippen molar-refractivity contribution in [1.82, 2.24) is 9.78 Å². The Balaban J connectivity index is 2.35. The highest BCUT2D eigenvalue weighted by Crippen LogP contribution is 2.22. The summed E-state index contributed by atoms with van der Waals surface area (Å²) in [7, 11) is 0. The van der Waals surface area contributed by atoms with Crippen LogP contribution in [0.25, 0.3) is 0 Å². The lowest BCUT2D eigenvalue weighted by molar-refractivity contribution is 0.208. The Morgan fingerprint density at radius 2 is 2.19 bits per heavy atom. The van der Waals surface area contributed by atoms with Crippen LogP contribution < -0.4 is 0 Å². The van der Waals surface area contributed by atoms with E-state index in [1.165, 1.54) is 0 Å². The van der Waals surface area contributed by atoms with Crippen LogP contribution in [0.3, 0.4) is 0 Å². The molecule has 0 aliphatic heterocycles. The summed E-state index contributed by atoms with van der Waals surface area (Å²) < 4.78 is 1.81. The normalized spacial score (nSPS) is 12.7. The molecule has 1 aromatic carbocycles. The number of hydrogen-bond donors (Lipinski definition) is 1. The monoisotopic (exact) mass is 216 g/mol. The van der Waals surface area contributed by atoms with E-state index in [1.54, 1.807) is 6.20 Å². The number of benzene rings is 1. The van der Waals surface area contributed by atoms with E-state index in [0.29, 0.717) is 0 Å². The van der Waals surface area contributed by atoms with Gasteiger partial charge in [-0.15, -0.1) is 0 Å². The second-order valence-electron chi connectivity index (χ2n) is 3.89. The molecule has 0 amide bonds. The fourth-order valence-corrected chi connectivity index (χ4v) is 1.85. The Labute approximate surface area is 95.3 Å². The summed E-state index contributed by atoms with van der Waals surface area (Å²) in [5.41, 5.74) is 2.91. The van der Waals surface area contributed by atoms with Gasteiger partial charge in [-0.3, -0.25) is 4.68 Å². The van der Waals surface area contributed by atoms with Crippen molar-refractivity contribution in [2.75, 3.05) is 0 Å². The average molecular weight is 216 g/mol. The molecule has 2 rings (SSSR count). The Kier molecular flexibility index (Phi) is 3.06. The van der Waals surface area contributed by atoms with Gasteiger partial charge < -0.3 is 5.11 Å². The van der Waals surface area contributed by atoms with E-state index in [4.69, 9.17) is 0 Å². The third-order valence-corrected chi connectivity index (χ3v) is 2.69. The van der Waals surface area contributed by atoms with Gasteiger partial charge in [0, 0.05) is 12.7 Å². The van der Waals surface area contributed by atoms with Gasteiger partial charge in [0.2, 0.25) is 0 Å². The Morgan fingerprint density at radius 3 is 2.88 bits per heavy atom. The van der Waals surface area contributed by atoms with E-state index < -0.39 is 6.10 Å². The SMILES string of the molecule is CCn1nccc1C(O)c1cccc(C)c1. The molecule has 0 aliphatic carbocycles. The molecule has 1 aromatic heterocycles. The second kappa shape index (κ2) is 4.49. The predicted molar refractivity (Wildman–Crippen MR) is 63.1 cm³/mol. The molecule has 3 heteroatoms. The van der Waals surface area contributed by atoms with Gasteiger partial charge in [-0.2, -0.15) is 5.10 Å². The second-order valence-corrected chi connectivity index (χ2v) is 3.89. The number of aliphatic hydroxyl groups excluding tert-OH is 1. The summed E-state index contributed by atoms with van der Waals surface area (Å²) in [5.74, 6) is 0. The van der Waals surface area contributed by atoms with Gasteiger partial charge in [-0.1, -0.05) is 29.8 Å². The highest BCUT2D eigenvalue weighted by Gasteiger charge is 2.14. The van der Waals surface area contributed by atoms with Crippen molar-refractivity contribution in [2.45, 2.75) is 26.5 Å². The molecule has 0 saturated carbocycles. The molecule has 0 aliphatic rings. The van der Waals surface area contributed by atoms with Crippen LogP contribution in [0.4, 0.5) is 0 Å². The van der Waals surface area contributed by atoms with Crippen LogP contribution in [-0.4, -0.2) is 14.9 Å². The van der Waals surface area contributed by atoms with Gasteiger partial charge in [0.05, 0.1) is 5.69 Å². The van der Waals surface area contributed by atoms with Crippen LogP contribution in [0, 0.1) is 6.92 Å². The first kappa shape index (κ1) is 10.9. The van der Waals surface area contributed by atoms with Crippen molar-refractivity contribution in [3.05, 3.63) is 53.3 Å². The van der Waals surface area contributed by atoms with Gasteiger partial charge in [-0.25, -0.2) is 0 Å². The van der Waals surface area contributed by atoms with Crippen molar-refractivity contribution in [3.63, 3.8) is 0 Å². The average Bonchev–Trinajstić information content (AvgIpc) is 2.76. The zero-order valence-electron chi connectivity index (χ0n) is 9.59. The molecule has 0 radical (unpaired) electrons. The Morgan fingerprint density at radius 1 is 1.38 bits per heavy atom. The molecule has 1 N–H and O–H groups in total. The minimum Gasteiger partial charge on any atom is -0.382 e. The summed E-state index contributed by atoms with van der Waals surface area (Å²) in [5, 5.41) is 14.4. The van der Waals surface area contributed by atoms with Gasteiger partial charge in [0.25, 0.3) is 0 Å². The maximum atomic E-state index is 10.3. The molecule has 2 aromatic rings. The summed E-state index contributed by atoms with van der Waals surface area (Å²) >= 11 is 0. The highest BCUT2D eigenvalue weighted by atomic mass is 16.3. The van der Waals surface area contributed by atoms with E-state index in [0.717, 1.165) is 23.4 Å². The van der Waals surface area contributed by atoms with Gasteiger partial charge in [0.1, 0.15) is 6.10 Å². The predicted octanol–water partition coefficient (Wildman–Crippen LogP) is 2.29. The fourth-order valence-electron chi connectivity index (χ4n) is 1.85. The Hall–Kier alpha value is -1.61. The maximum Gasteiger partial charge on any atom is 0.121 e. The van der Waals surface area contributed by atoms with Gasteiger partial charge in [-0.05, 0) is 25.5 Å². The summed E-state index contributed by atoms with van der Waals surface area (Å²) in [6, 6.07) is 9.77. The minimum absolute atomic E-state index is 0.595. The third-order valence-electron chi connectivity index (χ3n) is 2.69. The van der Waals surface area contributed by atoms with Crippen LogP contribution in [0.1, 0.15) is 29.8 Å². The largest absolute Gasteiger partial charge is 0.382 e. The number of hydrogen-bond acceptors (Lipinski definition) is 2. The first-order chi connectivity index (χ1) is 7.72. The van der Waals surface area contributed by atoms with Crippen molar-refractivity contribution < 1.29 is 5.11 Å². The van der Waals surface area contributed by atoms with E-state index in [1.807, 2.05) is 48.9 Å². The van der Waals surface area contributed by atoms with Crippen LogP contribution >= 0.6 is 0 Å². The smallest absolute Gasteiger partial charge is 0.121 e. The number of rotatable bonds is 3. The lowest BCUT2D eigenvalue weighted by Crippen LogP contribution is -2.09. The molecule has 0 saturated heterocycles. The lowest BCUT2D eigenvalue weighted by Gasteiger charge is -2.13. The molecule has 0 spiro atoms. The van der Waals surface area contributed by atoms with E-state index >= 15 is 0 Å². The quantitative estimate of drug-likeness (QED) is 0.854. The molecule has 1 atom stereocenters. The van der Waals surface area contributed by atoms with Crippen LogP contribution in [0.5, 0.6) is 0 Å². The van der Waals surface area contributed by atoms with Crippen molar-refractivity contribution >= 4 is 0 Å². The summed E-state index contributed by atoms with van der Waals surface area (Å²) in [4.78, 5) is 0. The van der Waals surface area contributed by atoms with Crippen LogP contribution in [0.2, 0.25) is 0 Å². The third kappa shape index (κ3) is 1.99. The summed E-state index contributed by atoms with van der Waals surface area (Å²) in [6.45, 7) is 4.80. The molecule has 1 unspecified atom stereocenters. The van der Waals surface area contributed by atoms with Crippen molar-refractivity contribution in [3.8, 4) is 0 Å². The summed E-state index contributed by atoms with van der Waals surface area (Å²) in [6.07, 6.45) is 1.13. The maximum absolute atomic E-state index is 10.3. The van der Waals surface area contributed by atoms with Crippen molar-refractivity contribution in [2.24, 2.45) is 0 Å². The minimum atomic E-state index is -0.595. The van der Waals surface area contributed by atoms with Crippen molar-refractivity contribution in [1.29, 1.82) is 0 Å². The Bertz CT molecular complexity index is 476. The number of aryl methyl sites for hydroxylation is 2. The fraction of sp³-hybridized carbons (Fsp3) is 0.308. The van der Waals surface area contributed by atoms with E-state index in [2.05, 4.69) is 5.10 Å². The first-order valence-corrected chi connectivity index (χ1v) is 5.48. The first-order valence-electron chi connectivity index (χ1n) is 5.48. The van der Waals surface area contributed by atoms with Crippen LogP contribution in [-0.2, 0) is 6.54 Å². The van der Waals surface area contributed by atoms with Gasteiger partial charge in [0.15, 0.2) is 0 Å². The van der Waals surface area contributed by atoms with E-state index in [9.17, 15) is 5.11 Å². The number of nitrogens with zero attached hydrogens (tertiary/aromatic N) is 2. The van der Waals surface area contributed by atoms with Gasteiger partial charge >= 0.3 is 0 Å². The number of aliphatic hydroxyl groups is 1. The standard InChI is InChI=1S/C13H16N2O/c1-3-15-12(7-8-14-15)13(16)11-6-4-5-10(2)9-11/h4-9,13,16H,3H2,1-2H3. The lowest BCUT2D eigenvalue weighted by atomic mass is 10.0. The highest BCUT2D eigenvalue weighted by molar-refractivity contribution is 5.29. The molecule has 3 nitrogen and oxygen atoms in total. The molecule has 1 heterocycles. The molecule has 84 valence electrons. The molecular weight excluding hydrogens is 200 g/mol. The topological polar surface area (TPSA) is 38.0 Å². The van der Waals surface area contributed by atoms with Crippen LogP contribution in [0.15, 0.2) is 36.5 Å². The molecule has 16 heavy (non-hydrogen) atoms.